The molecule has 112 valence electrons. The molecule has 2 aromatic carbocycles. The molecule has 1 heterocycles. The number of allylic oxidation sites excluding steroid dienone is 2. The molecule has 1 N–H and O–H groups in total. The van der Waals surface area contributed by atoms with E-state index in [9.17, 15) is 0 Å². The summed E-state index contributed by atoms with van der Waals surface area (Å²) in [6, 6.07) is 19.3. The van der Waals surface area contributed by atoms with Gasteiger partial charge in [-0.15, -0.1) is 0 Å². The summed E-state index contributed by atoms with van der Waals surface area (Å²) in [6.45, 7) is 7.68. The van der Waals surface area contributed by atoms with Gasteiger partial charge in [-0.25, -0.2) is 0 Å². The molecule has 1 aliphatic heterocycles. The van der Waals surface area contributed by atoms with Gasteiger partial charge in [0.15, 0.2) is 0 Å². The summed E-state index contributed by atoms with van der Waals surface area (Å²) in [5.41, 5.74) is 6.55. The van der Waals surface area contributed by atoms with Crippen LogP contribution in [-0.2, 0) is 0 Å². The van der Waals surface area contributed by atoms with Crippen molar-refractivity contribution in [1.82, 2.24) is 5.32 Å². The Morgan fingerprint density at radius 3 is 2.23 bits per heavy atom. The number of hydrogen-bond donors (Lipinski definition) is 1. The molecule has 3 rings (SSSR count). The average molecular weight is 289 g/mol. The standard InChI is InChI=1S/C21H23N/c1-21(2,3)19-12-13-22-20(15-19)18-11-7-10-17(14-18)16-8-5-4-6-9-16/h4-12,14-15,22H,13H2,1-3H3. The fraction of sp³-hybridized carbons (Fsp3) is 0.238. The smallest absolute Gasteiger partial charge is 0.0419 e. The van der Waals surface area contributed by atoms with E-state index in [2.05, 4.69) is 92.8 Å². The summed E-state index contributed by atoms with van der Waals surface area (Å²) in [6.07, 6.45) is 4.57. The van der Waals surface area contributed by atoms with Crippen LogP contribution in [-0.4, -0.2) is 6.54 Å². The van der Waals surface area contributed by atoms with Crippen molar-refractivity contribution in [3.05, 3.63) is 77.9 Å². The first-order valence-electron chi connectivity index (χ1n) is 7.86. The van der Waals surface area contributed by atoms with Crippen molar-refractivity contribution >= 4 is 5.70 Å². The zero-order valence-electron chi connectivity index (χ0n) is 13.6. The van der Waals surface area contributed by atoms with Gasteiger partial charge in [0, 0.05) is 12.2 Å². The van der Waals surface area contributed by atoms with E-state index in [0.717, 1.165) is 6.54 Å². The molecule has 0 aromatic heterocycles. The van der Waals surface area contributed by atoms with Gasteiger partial charge >= 0.3 is 0 Å². The molecule has 0 atom stereocenters. The van der Waals surface area contributed by atoms with Crippen molar-refractivity contribution in [1.29, 1.82) is 0 Å². The molecular weight excluding hydrogens is 266 g/mol. The van der Waals surface area contributed by atoms with E-state index in [0.29, 0.717) is 0 Å². The minimum atomic E-state index is 0.185. The van der Waals surface area contributed by atoms with Gasteiger partial charge in [-0.2, -0.15) is 0 Å². The summed E-state index contributed by atoms with van der Waals surface area (Å²) in [5.74, 6) is 0. The van der Waals surface area contributed by atoms with Gasteiger partial charge in [-0.3, -0.25) is 0 Å². The van der Waals surface area contributed by atoms with Crippen molar-refractivity contribution < 1.29 is 0 Å². The highest BCUT2D eigenvalue weighted by atomic mass is 14.9. The van der Waals surface area contributed by atoms with Crippen LogP contribution in [0, 0.1) is 5.41 Å². The molecule has 0 fully saturated rings. The number of hydrogen-bond acceptors (Lipinski definition) is 1. The van der Waals surface area contributed by atoms with Gasteiger partial charge in [0.2, 0.25) is 0 Å². The maximum Gasteiger partial charge on any atom is 0.0419 e. The topological polar surface area (TPSA) is 12.0 Å². The Kier molecular flexibility index (Phi) is 3.89. The molecular formula is C21H23N. The van der Waals surface area contributed by atoms with E-state index in [1.807, 2.05) is 0 Å². The summed E-state index contributed by atoms with van der Waals surface area (Å²) in [4.78, 5) is 0. The maximum absolute atomic E-state index is 3.50. The molecule has 1 nitrogen and oxygen atoms in total. The first kappa shape index (κ1) is 14.6. The van der Waals surface area contributed by atoms with Crippen molar-refractivity contribution in [2.75, 3.05) is 6.54 Å². The van der Waals surface area contributed by atoms with Crippen molar-refractivity contribution in [3.8, 4) is 11.1 Å². The van der Waals surface area contributed by atoms with Crippen molar-refractivity contribution in [2.24, 2.45) is 5.41 Å². The lowest BCUT2D eigenvalue weighted by molar-refractivity contribution is 0.513. The van der Waals surface area contributed by atoms with E-state index in [1.54, 1.807) is 0 Å². The van der Waals surface area contributed by atoms with E-state index in [-0.39, 0.29) is 5.41 Å². The molecule has 1 heteroatoms. The lowest BCUT2D eigenvalue weighted by atomic mass is 9.84. The first-order valence-corrected chi connectivity index (χ1v) is 7.86. The zero-order valence-corrected chi connectivity index (χ0v) is 13.6. The average Bonchev–Trinajstić information content (AvgIpc) is 2.55. The second-order valence-corrected chi connectivity index (χ2v) is 6.80. The fourth-order valence-corrected chi connectivity index (χ4v) is 2.74. The molecule has 2 aromatic rings. The van der Waals surface area contributed by atoms with Gasteiger partial charge in [-0.05, 0) is 39.8 Å². The van der Waals surface area contributed by atoms with E-state index in [1.165, 1.54) is 28.0 Å². The lowest BCUT2D eigenvalue weighted by Gasteiger charge is -2.26. The van der Waals surface area contributed by atoms with E-state index < -0.39 is 0 Å². The van der Waals surface area contributed by atoms with Crippen LogP contribution in [0.1, 0.15) is 26.3 Å². The van der Waals surface area contributed by atoms with Gasteiger partial charge in [-0.1, -0.05) is 75.4 Å². The van der Waals surface area contributed by atoms with Crippen LogP contribution in [0.15, 0.2) is 72.3 Å². The highest BCUT2D eigenvalue weighted by Crippen LogP contribution is 2.31. The summed E-state index contributed by atoms with van der Waals surface area (Å²) < 4.78 is 0. The highest BCUT2D eigenvalue weighted by Gasteiger charge is 2.18. The summed E-state index contributed by atoms with van der Waals surface area (Å²) in [7, 11) is 0. The third-order valence-corrected chi connectivity index (χ3v) is 4.06. The molecule has 22 heavy (non-hydrogen) atoms. The van der Waals surface area contributed by atoms with E-state index in [4.69, 9.17) is 0 Å². The third kappa shape index (κ3) is 3.14. The van der Waals surface area contributed by atoms with Crippen LogP contribution < -0.4 is 5.32 Å². The molecule has 0 amide bonds. The molecule has 0 spiro atoms. The molecule has 0 unspecified atom stereocenters. The minimum absolute atomic E-state index is 0.185. The SMILES string of the molecule is CC(C)(C)C1=CCNC(c2cccc(-c3ccccc3)c2)=C1. The predicted molar refractivity (Wildman–Crippen MR) is 95.4 cm³/mol. The van der Waals surface area contributed by atoms with Crippen LogP contribution in [0.4, 0.5) is 0 Å². The zero-order chi connectivity index (χ0) is 15.6. The van der Waals surface area contributed by atoms with Gasteiger partial charge in [0.25, 0.3) is 0 Å². The van der Waals surface area contributed by atoms with E-state index >= 15 is 0 Å². The van der Waals surface area contributed by atoms with Crippen LogP contribution in [0.2, 0.25) is 0 Å². The maximum atomic E-state index is 3.50. The molecule has 0 saturated carbocycles. The first-order chi connectivity index (χ1) is 10.5. The Morgan fingerprint density at radius 1 is 0.818 bits per heavy atom. The number of benzene rings is 2. The third-order valence-electron chi connectivity index (χ3n) is 4.06. The van der Waals surface area contributed by atoms with Crippen LogP contribution in [0.25, 0.3) is 16.8 Å². The van der Waals surface area contributed by atoms with Crippen molar-refractivity contribution in [2.45, 2.75) is 20.8 Å². The Hall–Kier alpha value is -2.28. The molecule has 0 saturated heterocycles. The number of dihydropyridines is 1. The fourth-order valence-electron chi connectivity index (χ4n) is 2.74. The second kappa shape index (κ2) is 5.84. The molecule has 0 aliphatic carbocycles. The Balaban J connectivity index is 1.96. The molecule has 0 radical (unpaired) electrons. The summed E-state index contributed by atoms with van der Waals surface area (Å²) >= 11 is 0. The number of rotatable bonds is 2. The van der Waals surface area contributed by atoms with Crippen LogP contribution in [0.5, 0.6) is 0 Å². The lowest BCUT2D eigenvalue weighted by Crippen LogP contribution is -2.20. The highest BCUT2D eigenvalue weighted by molar-refractivity contribution is 5.74. The second-order valence-electron chi connectivity index (χ2n) is 6.80. The Labute approximate surface area is 133 Å². The predicted octanol–water partition coefficient (Wildman–Crippen LogP) is 5.27. The number of nitrogens with one attached hydrogen (secondary N) is 1. The Bertz CT molecular complexity index is 715. The van der Waals surface area contributed by atoms with Gasteiger partial charge in [0.1, 0.15) is 0 Å². The van der Waals surface area contributed by atoms with Gasteiger partial charge < -0.3 is 5.32 Å². The van der Waals surface area contributed by atoms with Crippen LogP contribution >= 0.6 is 0 Å². The normalized spacial score (nSPS) is 14.9. The monoisotopic (exact) mass is 289 g/mol. The summed E-state index contributed by atoms with van der Waals surface area (Å²) in [5, 5.41) is 3.50. The minimum Gasteiger partial charge on any atom is -0.381 e. The van der Waals surface area contributed by atoms with Gasteiger partial charge in [0.05, 0.1) is 0 Å². The van der Waals surface area contributed by atoms with Crippen LogP contribution in [0.3, 0.4) is 0 Å². The molecule has 0 bridgehead atoms. The van der Waals surface area contributed by atoms with Crippen molar-refractivity contribution in [3.63, 3.8) is 0 Å². The quantitative estimate of drug-likeness (QED) is 0.794. The molecule has 1 aliphatic rings. The largest absolute Gasteiger partial charge is 0.381 e. The Morgan fingerprint density at radius 2 is 1.50 bits per heavy atom.